The summed E-state index contributed by atoms with van der Waals surface area (Å²) >= 11 is 0. The van der Waals surface area contributed by atoms with Gasteiger partial charge in [-0.1, -0.05) is 211 Å². The normalized spacial score (nSPS) is 21.2. The van der Waals surface area contributed by atoms with Gasteiger partial charge in [0.2, 0.25) is 5.91 Å². The van der Waals surface area contributed by atoms with Crippen LogP contribution in [0.15, 0.2) is 36.5 Å². The van der Waals surface area contributed by atoms with E-state index < -0.39 is 74.2 Å². The molecule has 11 nitrogen and oxygen atoms in total. The summed E-state index contributed by atoms with van der Waals surface area (Å²) in [4.78, 5) is 13.1. The largest absolute Gasteiger partial charge is 0.394 e. The van der Waals surface area contributed by atoms with Crippen molar-refractivity contribution in [3.05, 3.63) is 36.5 Å². The van der Waals surface area contributed by atoms with Gasteiger partial charge in [0.25, 0.3) is 0 Å². The SMILES string of the molecule is CCCC/C=C/CC/C=C/CC/C=C/CCCC(O)C(O)C(COC1OC(CO)C(O)C(O)C1O)NC(=O)C(O)CCCCCCCCCCCCCCCCCCCCCCCCC. The van der Waals surface area contributed by atoms with Crippen LogP contribution in [0, 0.1) is 0 Å². The molecule has 0 bridgehead atoms. The maximum absolute atomic E-state index is 13.1. The highest BCUT2D eigenvalue weighted by atomic mass is 16.7. The number of rotatable bonds is 45. The van der Waals surface area contributed by atoms with E-state index in [9.17, 15) is 40.5 Å². The smallest absolute Gasteiger partial charge is 0.249 e. The molecule has 1 amide bonds. The molecule has 0 aromatic rings. The maximum atomic E-state index is 13.1. The van der Waals surface area contributed by atoms with Crippen molar-refractivity contribution >= 4 is 5.91 Å². The second-order valence-electron chi connectivity index (χ2n) is 18.9. The molecular weight excluding hydrogens is 823 g/mol. The molecule has 1 rings (SSSR count). The third kappa shape index (κ3) is 32.7. The molecule has 0 saturated carbocycles. The maximum Gasteiger partial charge on any atom is 0.249 e. The topological polar surface area (TPSA) is 189 Å². The second-order valence-corrected chi connectivity index (χ2v) is 18.9. The van der Waals surface area contributed by atoms with Crippen LogP contribution in [0.3, 0.4) is 0 Å². The summed E-state index contributed by atoms with van der Waals surface area (Å²) in [5.41, 5.74) is 0. The summed E-state index contributed by atoms with van der Waals surface area (Å²) in [7, 11) is 0. The highest BCUT2D eigenvalue weighted by Gasteiger charge is 2.44. The zero-order valence-corrected chi connectivity index (χ0v) is 41.5. The Morgan fingerprint density at radius 1 is 0.523 bits per heavy atom. The number of aliphatic hydroxyl groups is 7. The van der Waals surface area contributed by atoms with Crippen molar-refractivity contribution < 1.29 is 50.0 Å². The van der Waals surface area contributed by atoms with E-state index >= 15 is 0 Å². The first-order chi connectivity index (χ1) is 31.7. The molecule has 0 aromatic heterocycles. The number of aliphatic hydroxyl groups excluding tert-OH is 7. The van der Waals surface area contributed by atoms with Gasteiger partial charge in [-0.3, -0.25) is 4.79 Å². The van der Waals surface area contributed by atoms with Crippen LogP contribution < -0.4 is 5.32 Å². The third-order valence-electron chi connectivity index (χ3n) is 12.9. The van der Waals surface area contributed by atoms with Gasteiger partial charge in [-0.25, -0.2) is 0 Å². The Morgan fingerprint density at radius 2 is 0.923 bits per heavy atom. The highest BCUT2D eigenvalue weighted by Crippen LogP contribution is 2.23. The van der Waals surface area contributed by atoms with Gasteiger partial charge < -0.3 is 50.5 Å². The van der Waals surface area contributed by atoms with E-state index in [4.69, 9.17) is 9.47 Å². The molecule has 1 saturated heterocycles. The summed E-state index contributed by atoms with van der Waals surface area (Å²) in [6, 6.07) is -1.19. The van der Waals surface area contributed by atoms with Crippen LogP contribution in [0.25, 0.3) is 0 Å². The van der Waals surface area contributed by atoms with Gasteiger partial charge in [0.05, 0.1) is 25.4 Å². The van der Waals surface area contributed by atoms with Crippen molar-refractivity contribution in [3.8, 4) is 0 Å². The molecule has 0 aliphatic carbocycles. The number of unbranched alkanes of at least 4 members (excludes halogenated alkanes) is 27. The van der Waals surface area contributed by atoms with Crippen molar-refractivity contribution in [3.63, 3.8) is 0 Å². The zero-order valence-electron chi connectivity index (χ0n) is 41.5. The number of amides is 1. The predicted molar refractivity (Wildman–Crippen MR) is 265 cm³/mol. The van der Waals surface area contributed by atoms with Crippen LogP contribution in [0.5, 0.6) is 0 Å². The highest BCUT2D eigenvalue weighted by molar-refractivity contribution is 5.80. The lowest BCUT2D eigenvalue weighted by Gasteiger charge is -2.40. The number of carbonyl (C=O) groups excluding carboxylic acids is 1. The fourth-order valence-electron chi connectivity index (χ4n) is 8.46. The fraction of sp³-hybridized carbons (Fsp3) is 0.870. The number of allylic oxidation sites excluding steroid dienone is 6. The van der Waals surface area contributed by atoms with Crippen LogP contribution in [0.2, 0.25) is 0 Å². The van der Waals surface area contributed by atoms with Crippen molar-refractivity contribution in [1.29, 1.82) is 0 Å². The van der Waals surface area contributed by atoms with E-state index in [-0.39, 0.29) is 12.8 Å². The Kier molecular flexibility index (Phi) is 41.1. The summed E-state index contributed by atoms with van der Waals surface area (Å²) in [6.45, 7) is 3.40. The van der Waals surface area contributed by atoms with Crippen LogP contribution >= 0.6 is 0 Å². The molecule has 0 spiro atoms. The molecule has 1 aliphatic heterocycles. The lowest BCUT2D eigenvalue weighted by Crippen LogP contribution is -2.60. The van der Waals surface area contributed by atoms with E-state index in [0.717, 1.165) is 51.4 Å². The second kappa shape index (κ2) is 43.6. The number of carbonyl (C=O) groups is 1. The van der Waals surface area contributed by atoms with Gasteiger partial charge >= 0.3 is 0 Å². The van der Waals surface area contributed by atoms with Gasteiger partial charge in [0.1, 0.15) is 36.6 Å². The first kappa shape index (κ1) is 61.3. The van der Waals surface area contributed by atoms with Crippen LogP contribution in [0.1, 0.15) is 232 Å². The summed E-state index contributed by atoms with van der Waals surface area (Å²) in [6.07, 6.45) is 40.6. The van der Waals surface area contributed by atoms with Crippen molar-refractivity contribution in [1.82, 2.24) is 5.32 Å². The lowest BCUT2D eigenvalue weighted by atomic mass is 9.98. The molecular formula is C54H101NO10. The zero-order chi connectivity index (χ0) is 47.6. The molecule has 1 heterocycles. The Morgan fingerprint density at radius 3 is 1.35 bits per heavy atom. The first-order valence-corrected chi connectivity index (χ1v) is 26.9. The minimum Gasteiger partial charge on any atom is -0.394 e. The number of ether oxygens (including phenoxy) is 2. The van der Waals surface area contributed by atoms with Crippen molar-refractivity contribution in [2.24, 2.45) is 0 Å². The molecule has 1 fully saturated rings. The lowest BCUT2D eigenvalue weighted by molar-refractivity contribution is -0.303. The Hall–Kier alpha value is -1.67. The molecule has 382 valence electrons. The minimum atomic E-state index is -1.67. The van der Waals surface area contributed by atoms with Crippen LogP contribution in [0.4, 0.5) is 0 Å². The Balaban J connectivity index is 2.35. The Bertz CT molecular complexity index is 1150. The van der Waals surface area contributed by atoms with Crippen molar-refractivity contribution in [2.45, 2.75) is 287 Å². The van der Waals surface area contributed by atoms with Crippen molar-refractivity contribution in [2.75, 3.05) is 13.2 Å². The molecule has 8 N–H and O–H groups in total. The van der Waals surface area contributed by atoms with E-state index in [1.165, 1.54) is 135 Å². The predicted octanol–water partition coefficient (Wildman–Crippen LogP) is 10.3. The number of hydrogen-bond donors (Lipinski definition) is 8. The fourth-order valence-corrected chi connectivity index (χ4v) is 8.46. The summed E-state index contributed by atoms with van der Waals surface area (Å²) in [5, 5.41) is 75.9. The average molecular weight is 924 g/mol. The number of nitrogens with one attached hydrogen (secondary N) is 1. The summed E-state index contributed by atoms with van der Waals surface area (Å²) in [5.74, 6) is -0.710. The molecule has 0 aromatic carbocycles. The van der Waals surface area contributed by atoms with E-state index in [2.05, 4.69) is 55.6 Å². The Labute approximate surface area is 397 Å². The van der Waals surface area contributed by atoms with Crippen LogP contribution in [-0.2, 0) is 14.3 Å². The molecule has 11 heteroatoms. The van der Waals surface area contributed by atoms with Gasteiger partial charge in [0.15, 0.2) is 6.29 Å². The molecule has 1 aliphatic rings. The standard InChI is InChI=1S/C54H101NO10/c1-3-5-7-9-11-13-15-17-19-20-21-22-23-24-25-26-28-30-32-34-36-38-40-42-47(58)53(63)55-45(44-64-54-52(62)51(61)50(60)48(43-56)65-54)49(59)46(57)41-39-37-35-33-31-29-27-18-16-14-12-10-8-6-4-2/h10,12,18,27,33,35,45-52,54,56-62H,3-9,11,13-17,19-26,28-32,34,36-44H2,1-2H3,(H,55,63)/b12-10+,27-18+,35-33+. The van der Waals surface area contributed by atoms with E-state index in [1.54, 1.807) is 0 Å². The summed E-state index contributed by atoms with van der Waals surface area (Å²) < 4.78 is 11.1. The third-order valence-corrected chi connectivity index (χ3v) is 12.9. The first-order valence-electron chi connectivity index (χ1n) is 26.9. The molecule has 9 unspecified atom stereocenters. The van der Waals surface area contributed by atoms with Gasteiger partial charge in [-0.2, -0.15) is 0 Å². The van der Waals surface area contributed by atoms with Gasteiger partial charge in [0, 0.05) is 0 Å². The minimum absolute atomic E-state index is 0.242. The molecule has 9 atom stereocenters. The molecule has 65 heavy (non-hydrogen) atoms. The van der Waals surface area contributed by atoms with Gasteiger partial charge in [-0.15, -0.1) is 0 Å². The average Bonchev–Trinajstić information content (AvgIpc) is 3.31. The van der Waals surface area contributed by atoms with Crippen LogP contribution in [-0.4, -0.2) is 110 Å². The van der Waals surface area contributed by atoms with E-state index in [1.807, 2.05) is 0 Å². The molecule has 0 radical (unpaired) electrons. The quantitative estimate of drug-likeness (QED) is 0.0216. The monoisotopic (exact) mass is 924 g/mol. The number of hydrogen-bond acceptors (Lipinski definition) is 10. The van der Waals surface area contributed by atoms with Gasteiger partial charge in [-0.05, 0) is 57.8 Å². The van der Waals surface area contributed by atoms with E-state index in [0.29, 0.717) is 19.3 Å².